The molecule has 0 spiro atoms. The second kappa shape index (κ2) is 5.59. The van der Waals surface area contributed by atoms with Gasteiger partial charge in [0.1, 0.15) is 0 Å². The number of aliphatic hydroxyl groups excluding tert-OH is 1. The zero-order valence-corrected chi connectivity index (χ0v) is 12.4. The molecule has 0 unspecified atom stereocenters. The summed E-state index contributed by atoms with van der Waals surface area (Å²) in [7, 11) is -3.58. The van der Waals surface area contributed by atoms with E-state index in [4.69, 9.17) is 5.11 Å². The van der Waals surface area contributed by atoms with Crippen LogP contribution in [-0.4, -0.2) is 26.2 Å². The third-order valence-corrected chi connectivity index (χ3v) is 4.65. The highest BCUT2D eigenvalue weighted by Crippen LogP contribution is 2.25. The predicted octanol–water partition coefficient (Wildman–Crippen LogP) is 1.87. The van der Waals surface area contributed by atoms with Crippen LogP contribution < -0.4 is 4.72 Å². The Morgan fingerprint density at radius 1 is 1.44 bits per heavy atom. The average molecular weight is 373 g/mol. The Hall–Kier alpha value is 0.0500. The summed E-state index contributed by atoms with van der Waals surface area (Å²) < 4.78 is 27.2. The maximum atomic E-state index is 11.8. The van der Waals surface area contributed by atoms with Gasteiger partial charge in [-0.2, -0.15) is 0 Å². The normalized spacial score (nSPS) is 13.8. The summed E-state index contributed by atoms with van der Waals surface area (Å²) in [6.45, 7) is 1.50. The van der Waals surface area contributed by atoms with E-state index in [9.17, 15) is 8.42 Å². The minimum absolute atomic E-state index is 0.00909. The Kier molecular flexibility index (Phi) is 4.93. The largest absolute Gasteiger partial charge is 0.392 e. The lowest BCUT2D eigenvalue weighted by Crippen LogP contribution is -2.30. The molecule has 0 aliphatic rings. The zero-order valence-electron chi connectivity index (χ0n) is 8.44. The fourth-order valence-corrected chi connectivity index (χ4v) is 3.87. The smallest absolute Gasteiger partial charge is 0.241 e. The van der Waals surface area contributed by atoms with E-state index in [0.29, 0.717) is 4.47 Å². The number of nitrogens with one attached hydrogen (secondary N) is 1. The van der Waals surface area contributed by atoms with Crippen LogP contribution in [0, 0.1) is 0 Å². The monoisotopic (exact) mass is 371 g/mol. The molecular formula is C9H11Br2NO3S. The highest BCUT2D eigenvalue weighted by molar-refractivity contribution is 9.11. The zero-order chi connectivity index (χ0) is 12.3. The molecule has 0 fully saturated rings. The number of benzene rings is 1. The first kappa shape index (κ1) is 14.1. The summed E-state index contributed by atoms with van der Waals surface area (Å²) in [5.41, 5.74) is 0. The lowest BCUT2D eigenvalue weighted by Gasteiger charge is -2.09. The van der Waals surface area contributed by atoms with Gasteiger partial charge in [-0.05, 0) is 41.1 Å². The van der Waals surface area contributed by atoms with Crippen molar-refractivity contribution < 1.29 is 13.5 Å². The van der Waals surface area contributed by atoms with E-state index in [0.717, 1.165) is 4.47 Å². The number of halogens is 2. The molecule has 1 rings (SSSR count). The average Bonchev–Trinajstić information content (AvgIpc) is 2.14. The summed E-state index contributed by atoms with van der Waals surface area (Å²) in [5, 5.41) is 9.03. The quantitative estimate of drug-likeness (QED) is 0.847. The molecule has 1 aromatic carbocycles. The molecule has 1 aromatic rings. The van der Waals surface area contributed by atoms with Crippen LogP contribution in [0.2, 0.25) is 0 Å². The Morgan fingerprint density at radius 3 is 2.56 bits per heavy atom. The topological polar surface area (TPSA) is 66.4 Å². The van der Waals surface area contributed by atoms with Gasteiger partial charge >= 0.3 is 0 Å². The van der Waals surface area contributed by atoms with Crippen molar-refractivity contribution in [3.05, 3.63) is 27.1 Å². The molecule has 2 N–H and O–H groups in total. The van der Waals surface area contributed by atoms with Crippen molar-refractivity contribution in [3.63, 3.8) is 0 Å². The molecule has 0 saturated heterocycles. The van der Waals surface area contributed by atoms with Crippen molar-refractivity contribution in [2.45, 2.75) is 17.9 Å². The van der Waals surface area contributed by atoms with Gasteiger partial charge in [0.05, 0.1) is 11.0 Å². The van der Waals surface area contributed by atoms with Crippen molar-refractivity contribution in [1.29, 1.82) is 0 Å². The predicted molar refractivity (Wildman–Crippen MR) is 68.7 cm³/mol. The van der Waals surface area contributed by atoms with Gasteiger partial charge in [0, 0.05) is 15.5 Å². The van der Waals surface area contributed by atoms with E-state index in [1.807, 2.05) is 0 Å². The van der Waals surface area contributed by atoms with Gasteiger partial charge in [-0.25, -0.2) is 13.1 Å². The highest BCUT2D eigenvalue weighted by Gasteiger charge is 2.17. The van der Waals surface area contributed by atoms with Crippen molar-refractivity contribution in [1.82, 2.24) is 4.72 Å². The summed E-state index contributed by atoms with van der Waals surface area (Å²) in [5.74, 6) is 0. The van der Waals surface area contributed by atoms with Crippen molar-refractivity contribution in [2.75, 3.05) is 6.54 Å². The van der Waals surface area contributed by atoms with Crippen molar-refractivity contribution >= 4 is 41.9 Å². The molecule has 0 amide bonds. The molecule has 4 nitrogen and oxygen atoms in total. The van der Waals surface area contributed by atoms with Crippen molar-refractivity contribution in [3.8, 4) is 0 Å². The molecule has 7 heteroatoms. The van der Waals surface area contributed by atoms with Crippen LogP contribution in [0.15, 0.2) is 32.0 Å². The number of hydrogen-bond acceptors (Lipinski definition) is 3. The first-order valence-corrected chi connectivity index (χ1v) is 7.52. The molecule has 0 heterocycles. The van der Waals surface area contributed by atoms with Crippen LogP contribution in [0.25, 0.3) is 0 Å². The van der Waals surface area contributed by atoms with Crippen LogP contribution in [0.1, 0.15) is 6.92 Å². The third-order valence-electron chi connectivity index (χ3n) is 1.75. The minimum Gasteiger partial charge on any atom is -0.392 e. The molecule has 90 valence electrons. The molecular weight excluding hydrogens is 362 g/mol. The lowest BCUT2D eigenvalue weighted by atomic mass is 10.4. The van der Waals surface area contributed by atoms with E-state index >= 15 is 0 Å². The first-order chi connectivity index (χ1) is 7.33. The van der Waals surface area contributed by atoms with Crippen LogP contribution in [0.4, 0.5) is 0 Å². The molecule has 0 radical (unpaired) electrons. The summed E-state index contributed by atoms with van der Waals surface area (Å²) >= 11 is 6.42. The third kappa shape index (κ3) is 3.81. The Labute approximate surface area is 111 Å². The van der Waals surface area contributed by atoms with Gasteiger partial charge in [0.15, 0.2) is 0 Å². The molecule has 0 aliphatic carbocycles. The molecule has 0 saturated carbocycles. The number of sulfonamides is 1. The molecule has 0 aromatic heterocycles. The minimum atomic E-state index is -3.58. The van der Waals surface area contributed by atoms with Crippen LogP contribution in [0.3, 0.4) is 0 Å². The van der Waals surface area contributed by atoms with Gasteiger partial charge in [-0.3, -0.25) is 0 Å². The van der Waals surface area contributed by atoms with E-state index in [-0.39, 0.29) is 11.4 Å². The van der Waals surface area contributed by atoms with E-state index < -0.39 is 16.1 Å². The van der Waals surface area contributed by atoms with Gasteiger partial charge in [-0.1, -0.05) is 15.9 Å². The fraction of sp³-hybridized carbons (Fsp3) is 0.333. The summed E-state index contributed by atoms with van der Waals surface area (Å²) in [6.07, 6.45) is -0.719. The lowest BCUT2D eigenvalue weighted by molar-refractivity contribution is 0.198. The summed E-state index contributed by atoms with van der Waals surface area (Å²) in [6, 6.07) is 4.77. The fourth-order valence-electron chi connectivity index (χ4n) is 1.00. The molecule has 0 aliphatic heterocycles. The van der Waals surface area contributed by atoms with E-state index in [2.05, 4.69) is 36.6 Å². The number of rotatable bonds is 4. The van der Waals surface area contributed by atoms with Crippen molar-refractivity contribution in [2.24, 2.45) is 0 Å². The maximum absolute atomic E-state index is 11.8. The van der Waals surface area contributed by atoms with Gasteiger partial charge in [0.25, 0.3) is 0 Å². The van der Waals surface area contributed by atoms with Gasteiger partial charge in [-0.15, -0.1) is 0 Å². The molecule has 0 bridgehead atoms. The Bertz CT molecular complexity index is 474. The first-order valence-electron chi connectivity index (χ1n) is 4.45. The van der Waals surface area contributed by atoms with E-state index in [1.54, 1.807) is 12.1 Å². The Morgan fingerprint density at radius 2 is 2.06 bits per heavy atom. The standard InChI is InChI=1S/C9H11Br2NO3S/c1-6(13)5-12-16(14,15)9-3-2-7(10)4-8(9)11/h2-4,6,12-13H,5H2,1H3/t6-/m0/s1. The second-order valence-corrected chi connectivity index (χ2v) is 6.78. The van der Waals surface area contributed by atoms with Gasteiger partial charge < -0.3 is 5.11 Å². The van der Waals surface area contributed by atoms with Crippen LogP contribution >= 0.6 is 31.9 Å². The van der Waals surface area contributed by atoms with Crippen LogP contribution in [0.5, 0.6) is 0 Å². The number of aliphatic hydroxyl groups is 1. The second-order valence-electron chi connectivity index (χ2n) is 3.28. The molecule has 16 heavy (non-hydrogen) atoms. The van der Waals surface area contributed by atoms with Gasteiger partial charge in [0.2, 0.25) is 10.0 Å². The highest BCUT2D eigenvalue weighted by atomic mass is 79.9. The van der Waals surface area contributed by atoms with Crippen LogP contribution in [-0.2, 0) is 10.0 Å². The maximum Gasteiger partial charge on any atom is 0.241 e. The van der Waals surface area contributed by atoms with E-state index in [1.165, 1.54) is 13.0 Å². The summed E-state index contributed by atoms with van der Waals surface area (Å²) in [4.78, 5) is 0.149. The number of hydrogen-bond donors (Lipinski definition) is 2. The SMILES string of the molecule is C[C@H](O)CNS(=O)(=O)c1ccc(Br)cc1Br. The molecule has 1 atom stereocenters. The Balaban J connectivity index is 2.99.